The molecule has 0 N–H and O–H groups in total. The molecule has 0 fully saturated rings. The van der Waals surface area contributed by atoms with Gasteiger partial charge in [-0.15, -0.1) is 0 Å². The van der Waals surface area contributed by atoms with Gasteiger partial charge in [-0.1, -0.05) is 158 Å². The van der Waals surface area contributed by atoms with Gasteiger partial charge in [0, 0.05) is 16.2 Å². The van der Waals surface area contributed by atoms with Gasteiger partial charge in [0.15, 0.2) is 0 Å². The molecular weight excluding hydrogens is 663 g/mol. The summed E-state index contributed by atoms with van der Waals surface area (Å²) in [5.41, 5.74) is 6.01. The lowest BCUT2D eigenvalue weighted by Gasteiger charge is -2.30. The molecule has 0 aliphatic heterocycles. The maximum Gasteiger partial charge on any atom is 0.0547 e. The fraction of sp³-hybridized carbons (Fsp3) is 0. The minimum atomic E-state index is 1.17. The summed E-state index contributed by atoms with van der Waals surface area (Å²) >= 11 is 0. The van der Waals surface area contributed by atoms with E-state index >= 15 is 0 Å². The first-order valence-electron chi connectivity index (χ1n) is 19.1. The molecule has 0 amide bonds. The number of rotatable bonds is 4. The van der Waals surface area contributed by atoms with Crippen molar-refractivity contribution in [2.24, 2.45) is 0 Å². The van der Waals surface area contributed by atoms with Gasteiger partial charge < -0.3 is 4.90 Å². The highest BCUT2D eigenvalue weighted by Gasteiger charge is 2.23. The molecule has 0 saturated carbocycles. The van der Waals surface area contributed by atoms with Gasteiger partial charge >= 0.3 is 0 Å². The Labute approximate surface area is 318 Å². The second-order valence-corrected chi connectivity index (χ2v) is 14.9. The van der Waals surface area contributed by atoms with Gasteiger partial charge in [0.05, 0.1) is 17.1 Å². The lowest BCUT2D eigenvalue weighted by Crippen LogP contribution is -2.12. The minimum absolute atomic E-state index is 1.17. The zero-order chi connectivity index (χ0) is 36.0. The molecule has 0 atom stereocenters. The van der Waals surface area contributed by atoms with Crippen molar-refractivity contribution in [3.63, 3.8) is 0 Å². The van der Waals surface area contributed by atoms with Crippen molar-refractivity contribution in [2.45, 2.75) is 0 Å². The first-order valence-corrected chi connectivity index (χ1v) is 19.1. The van der Waals surface area contributed by atoms with Crippen LogP contribution in [0, 0.1) is 0 Å². The first-order chi connectivity index (χ1) is 27.3. The van der Waals surface area contributed by atoms with Gasteiger partial charge in [0.1, 0.15) is 0 Å². The summed E-state index contributed by atoms with van der Waals surface area (Å²) in [6.07, 6.45) is 0. The number of benzene rings is 12. The van der Waals surface area contributed by atoms with Crippen LogP contribution in [0.4, 0.5) is 17.1 Å². The zero-order valence-electron chi connectivity index (χ0n) is 30.0. The average Bonchev–Trinajstić information content (AvgIpc) is 3.25. The number of fused-ring (bicyclic) bond motifs is 6. The Bertz CT molecular complexity index is 3410. The van der Waals surface area contributed by atoms with E-state index in [0.717, 1.165) is 0 Å². The van der Waals surface area contributed by atoms with E-state index in [1.165, 1.54) is 114 Å². The Morgan fingerprint density at radius 1 is 0.236 bits per heavy atom. The van der Waals surface area contributed by atoms with E-state index in [9.17, 15) is 0 Å². The highest BCUT2D eigenvalue weighted by molar-refractivity contribution is 6.30. The first kappa shape index (κ1) is 30.3. The topological polar surface area (TPSA) is 3.24 Å². The molecule has 0 heterocycles. The highest BCUT2D eigenvalue weighted by atomic mass is 15.1. The molecule has 12 rings (SSSR count). The van der Waals surface area contributed by atoms with Gasteiger partial charge in [-0.05, 0) is 124 Å². The second kappa shape index (κ2) is 11.6. The number of hydrogen-bond acceptors (Lipinski definition) is 1. The molecule has 0 radical (unpaired) electrons. The highest BCUT2D eigenvalue weighted by Crippen LogP contribution is 2.49. The Balaban J connectivity index is 1.12. The standard InChI is InChI=1S/C54H33N/c1-2-14-37-31-48-39(29-36(37)13-1)26-25-38-30-40(27-28-43(38)48)49-32-41-17-8-22-47-52(33-42-18-7-21-46(49)53(42)54(41)47)55(50-23-9-15-34-11-3-5-19-44(34)50)51-24-10-16-35-12-4-6-20-45(35)51/h1-33H. The van der Waals surface area contributed by atoms with Crippen LogP contribution < -0.4 is 4.90 Å². The molecule has 0 aliphatic carbocycles. The molecule has 0 aliphatic rings. The van der Waals surface area contributed by atoms with Crippen LogP contribution in [0.1, 0.15) is 0 Å². The van der Waals surface area contributed by atoms with Gasteiger partial charge in [0.2, 0.25) is 0 Å². The van der Waals surface area contributed by atoms with Crippen LogP contribution in [0.2, 0.25) is 0 Å². The molecule has 0 unspecified atom stereocenters. The smallest absolute Gasteiger partial charge is 0.0547 e. The number of nitrogens with zero attached hydrogens (tertiary/aromatic N) is 1. The number of hydrogen-bond donors (Lipinski definition) is 0. The maximum absolute atomic E-state index is 2.51. The van der Waals surface area contributed by atoms with E-state index in [0.29, 0.717) is 0 Å². The van der Waals surface area contributed by atoms with E-state index in [1.54, 1.807) is 0 Å². The van der Waals surface area contributed by atoms with Gasteiger partial charge in [0.25, 0.3) is 0 Å². The molecule has 55 heavy (non-hydrogen) atoms. The minimum Gasteiger partial charge on any atom is -0.309 e. The van der Waals surface area contributed by atoms with Crippen LogP contribution in [0.3, 0.4) is 0 Å². The van der Waals surface area contributed by atoms with E-state index in [1.807, 2.05) is 0 Å². The van der Waals surface area contributed by atoms with Crippen LogP contribution in [0.5, 0.6) is 0 Å². The predicted molar refractivity (Wildman–Crippen MR) is 238 cm³/mol. The largest absolute Gasteiger partial charge is 0.309 e. The summed E-state index contributed by atoms with van der Waals surface area (Å²) in [7, 11) is 0. The van der Waals surface area contributed by atoms with Crippen LogP contribution in [0.15, 0.2) is 200 Å². The Hall–Kier alpha value is -7.22. The van der Waals surface area contributed by atoms with E-state index in [-0.39, 0.29) is 0 Å². The van der Waals surface area contributed by atoms with Gasteiger partial charge in [-0.25, -0.2) is 0 Å². The van der Waals surface area contributed by atoms with Gasteiger partial charge in [-0.2, -0.15) is 0 Å². The summed E-state index contributed by atoms with van der Waals surface area (Å²) in [6, 6.07) is 74.3. The summed E-state index contributed by atoms with van der Waals surface area (Å²) in [6.45, 7) is 0. The van der Waals surface area contributed by atoms with E-state index < -0.39 is 0 Å². The Morgan fingerprint density at radius 3 is 1.45 bits per heavy atom. The summed E-state index contributed by atoms with van der Waals surface area (Å²) in [5.74, 6) is 0. The van der Waals surface area contributed by atoms with Crippen molar-refractivity contribution in [1.29, 1.82) is 0 Å². The van der Waals surface area contributed by atoms with Crippen LogP contribution in [0.25, 0.3) is 97.3 Å². The molecule has 0 aromatic heterocycles. The monoisotopic (exact) mass is 695 g/mol. The van der Waals surface area contributed by atoms with Crippen LogP contribution in [-0.4, -0.2) is 0 Å². The fourth-order valence-electron chi connectivity index (χ4n) is 9.38. The lowest BCUT2D eigenvalue weighted by molar-refractivity contribution is 1.33. The molecule has 0 bridgehead atoms. The molecule has 12 aromatic carbocycles. The van der Waals surface area contributed by atoms with E-state index in [4.69, 9.17) is 0 Å². The molecule has 0 saturated heterocycles. The Kier molecular flexibility index (Phi) is 6.40. The van der Waals surface area contributed by atoms with Crippen LogP contribution in [-0.2, 0) is 0 Å². The third kappa shape index (κ3) is 4.54. The molecule has 0 spiro atoms. The van der Waals surface area contributed by atoms with E-state index in [2.05, 4.69) is 205 Å². The lowest BCUT2D eigenvalue weighted by atomic mass is 9.87. The van der Waals surface area contributed by atoms with Crippen molar-refractivity contribution < 1.29 is 0 Å². The molecule has 1 heteroatoms. The van der Waals surface area contributed by atoms with Crippen molar-refractivity contribution in [3.05, 3.63) is 200 Å². The summed E-state index contributed by atoms with van der Waals surface area (Å²) < 4.78 is 0. The fourth-order valence-corrected chi connectivity index (χ4v) is 9.38. The molecule has 1 nitrogen and oxygen atoms in total. The molecule has 254 valence electrons. The van der Waals surface area contributed by atoms with Crippen molar-refractivity contribution in [3.8, 4) is 11.1 Å². The molecular formula is C54H33N. The Morgan fingerprint density at radius 2 is 0.745 bits per heavy atom. The maximum atomic E-state index is 2.51. The van der Waals surface area contributed by atoms with Crippen LogP contribution >= 0.6 is 0 Å². The molecule has 12 aromatic rings. The quantitative estimate of drug-likeness (QED) is 0.131. The normalized spacial score (nSPS) is 12.0. The second-order valence-electron chi connectivity index (χ2n) is 14.9. The summed E-state index contributed by atoms with van der Waals surface area (Å²) in [5, 5.41) is 20.2. The average molecular weight is 696 g/mol. The predicted octanol–water partition coefficient (Wildman–Crippen LogP) is 15.5. The van der Waals surface area contributed by atoms with Crippen molar-refractivity contribution in [2.75, 3.05) is 4.90 Å². The third-order valence-corrected chi connectivity index (χ3v) is 11.9. The zero-order valence-corrected chi connectivity index (χ0v) is 30.0. The third-order valence-electron chi connectivity index (χ3n) is 11.9. The number of anilines is 3. The van der Waals surface area contributed by atoms with Gasteiger partial charge in [-0.3, -0.25) is 0 Å². The van der Waals surface area contributed by atoms with Crippen molar-refractivity contribution in [1.82, 2.24) is 0 Å². The van der Waals surface area contributed by atoms with Crippen molar-refractivity contribution >= 4 is 103 Å². The summed E-state index contributed by atoms with van der Waals surface area (Å²) in [4.78, 5) is 2.51. The SMILES string of the molecule is c1ccc2cc3c(ccc4cc(-c5cc6cccc7c(N(c8cccc9ccccc89)c8cccc9ccccc89)cc8cccc5c8c67)ccc43)cc2c1.